The summed E-state index contributed by atoms with van der Waals surface area (Å²) in [4.78, 5) is 9.76. The average Bonchev–Trinajstić information content (AvgIpc) is 2.02. The minimum absolute atomic E-state index is 0.162. The van der Waals surface area contributed by atoms with E-state index in [9.17, 15) is 4.79 Å². The van der Waals surface area contributed by atoms with E-state index in [2.05, 4.69) is 0 Å². The third-order valence-electron chi connectivity index (χ3n) is 1.12. The van der Waals surface area contributed by atoms with Crippen molar-refractivity contribution in [3.8, 4) is 0 Å². The molecule has 0 aromatic heterocycles. The summed E-state index contributed by atoms with van der Waals surface area (Å²) in [5, 5.41) is 8.04. The van der Waals surface area contributed by atoms with Crippen LogP contribution in [0.1, 0.15) is 33.1 Å². The molecular formula is C8H20N2O2. The smallest absolute Gasteiger partial charge is 0.303 e. The van der Waals surface area contributed by atoms with Gasteiger partial charge in [-0.2, -0.15) is 0 Å². The Morgan fingerprint density at radius 1 is 1.58 bits per heavy atom. The fourth-order valence-corrected chi connectivity index (χ4v) is 0.328. The topological polar surface area (TPSA) is 89.3 Å². The molecule has 0 fully saturated rings. The van der Waals surface area contributed by atoms with Crippen LogP contribution >= 0.6 is 0 Å². The van der Waals surface area contributed by atoms with Crippen LogP contribution in [0.25, 0.3) is 0 Å². The number of unbranched alkanes of at least 4 members (excludes halogenated alkanes) is 1. The minimum atomic E-state index is -0.693. The molecule has 4 nitrogen and oxygen atoms in total. The van der Waals surface area contributed by atoms with Crippen molar-refractivity contribution in [3.63, 3.8) is 0 Å². The maximum absolute atomic E-state index is 9.76. The van der Waals surface area contributed by atoms with Gasteiger partial charge >= 0.3 is 5.97 Å². The van der Waals surface area contributed by atoms with Crippen LogP contribution in [0.4, 0.5) is 0 Å². The van der Waals surface area contributed by atoms with Gasteiger partial charge in [-0.15, -0.1) is 0 Å². The molecule has 0 aliphatic heterocycles. The summed E-state index contributed by atoms with van der Waals surface area (Å²) in [5.74, 6) is -0.693. The highest BCUT2D eigenvalue weighted by atomic mass is 16.4. The number of carboxylic acid groups (broad SMARTS) is 1. The lowest BCUT2D eigenvalue weighted by Crippen LogP contribution is -2.25. The molecule has 0 saturated carbocycles. The molecule has 1 atom stereocenters. The molecule has 12 heavy (non-hydrogen) atoms. The quantitative estimate of drug-likeness (QED) is 0.583. The molecule has 5 N–H and O–H groups in total. The van der Waals surface area contributed by atoms with E-state index in [0.717, 1.165) is 12.8 Å². The third kappa shape index (κ3) is 22.8. The Kier molecular flexibility index (Phi) is 12.1. The van der Waals surface area contributed by atoms with Crippen LogP contribution < -0.4 is 11.5 Å². The molecule has 74 valence electrons. The standard InChI is InChI=1S/C5H10O2.C3H10N2/c1-2-3-4-5(6)7;1-3(5)2-4/h2-4H2,1H3,(H,6,7);3H,2,4-5H2,1H3. The van der Waals surface area contributed by atoms with E-state index in [0.29, 0.717) is 13.0 Å². The van der Waals surface area contributed by atoms with Gasteiger partial charge in [-0.05, 0) is 13.3 Å². The van der Waals surface area contributed by atoms with E-state index in [1.807, 2.05) is 13.8 Å². The third-order valence-corrected chi connectivity index (χ3v) is 1.12. The van der Waals surface area contributed by atoms with Gasteiger partial charge in [0.05, 0.1) is 0 Å². The second-order valence-corrected chi connectivity index (χ2v) is 2.71. The van der Waals surface area contributed by atoms with Crippen LogP contribution in [0.5, 0.6) is 0 Å². The zero-order valence-corrected chi connectivity index (χ0v) is 7.92. The highest BCUT2D eigenvalue weighted by molar-refractivity contribution is 5.66. The van der Waals surface area contributed by atoms with Gasteiger partial charge in [0, 0.05) is 19.0 Å². The number of hydrogen-bond acceptors (Lipinski definition) is 3. The summed E-state index contributed by atoms with van der Waals surface area (Å²) < 4.78 is 0. The normalized spacial score (nSPS) is 11.3. The van der Waals surface area contributed by atoms with Gasteiger partial charge < -0.3 is 16.6 Å². The first-order chi connectivity index (χ1) is 5.54. The van der Waals surface area contributed by atoms with E-state index in [1.54, 1.807) is 0 Å². The van der Waals surface area contributed by atoms with Gasteiger partial charge in [0.15, 0.2) is 0 Å². The molecule has 0 heterocycles. The summed E-state index contributed by atoms with van der Waals surface area (Å²) in [7, 11) is 0. The molecule has 0 aromatic rings. The Bertz CT molecular complexity index is 105. The van der Waals surface area contributed by atoms with Crippen molar-refractivity contribution in [1.82, 2.24) is 0 Å². The average molecular weight is 176 g/mol. The second kappa shape index (κ2) is 10.4. The number of rotatable bonds is 4. The van der Waals surface area contributed by atoms with Crippen LogP contribution in [0.2, 0.25) is 0 Å². The van der Waals surface area contributed by atoms with E-state index in [4.69, 9.17) is 16.6 Å². The van der Waals surface area contributed by atoms with E-state index < -0.39 is 5.97 Å². The number of hydrogen-bond donors (Lipinski definition) is 3. The number of carboxylic acids is 1. The fourth-order valence-electron chi connectivity index (χ4n) is 0.328. The molecule has 0 saturated heterocycles. The molecule has 0 aliphatic rings. The summed E-state index contributed by atoms with van der Waals surface area (Å²) >= 11 is 0. The predicted molar refractivity (Wildman–Crippen MR) is 49.9 cm³/mol. The van der Waals surface area contributed by atoms with E-state index in [1.165, 1.54) is 0 Å². The summed E-state index contributed by atoms with van der Waals surface area (Å²) in [5.41, 5.74) is 10.2. The van der Waals surface area contributed by atoms with Gasteiger partial charge in [0.2, 0.25) is 0 Å². The van der Waals surface area contributed by atoms with Gasteiger partial charge in [0.25, 0.3) is 0 Å². The van der Waals surface area contributed by atoms with Crippen LogP contribution in [0.15, 0.2) is 0 Å². The number of carbonyl (C=O) groups is 1. The second-order valence-electron chi connectivity index (χ2n) is 2.71. The molecule has 0 spiro atoms. The zero-order chi connectivity index (χ0) is 9.98. The highest BCUT2D eigenvalue weighted by Crippen LogP contribution is 1.91. The Hall–Kier alpha value is -0.610. The number of nitrogens with two attached hydrogens (primary N) is 2. The first kappa shape index (κ1) is 13.9. The van der Waals surface area contributed by atoms with Crippen molar-refractivity contribution >= 4 is 5.97 Å². The van der Waals surface area contributed by atoms with Crippen molar-refractivity contribution in [2.75, 3.05) is 6.54 Å². The summed E-state index contributed by atoms with van der Waals surface area (Å²) in [6, 6.07) is 0.162. The van der Waals surface area contributed by atoms with Crippen molar-refractivity contribution in [1.29, 1.82) is 0 Å². The first-order valence-electron chi connectivity index (χ1n) is 4.22. The van der Waals surface area contributed by atoms with Crippen LogP contribution in [-0.2, 0) is 4.79 Å². The van der Waals surface area contributed by atoms with Crippen molar-refractivity contribution < 1.29 is 9.90 Å². The van der Waals surface area contributed by atoms with Gasteiger partial charge in [0.1, 0.15) is 0 Å². The SMILES string of the molecule is CC(N)CN.CCCCC(=O)O. The van der Waals surface area contributed by atoms with Crippen LogP contribution in [0.3, 0.4) is 0 Å². The maximum Gasteiger partial charge on any atom is 0.303 e. The molecule has 0 rings (SSSR count). The zero-order valence-electron chi connectivity index (χ0n) is 7.92. The summed E-state index contributed by atoms with van der Waals surface area (Å²) in [6.07, 6.45) is 2.08. The lowest BCUT2D eigenvalue weighted by molar-refractivity contribution is -0.137. The Morgan fingerprint density at radius 2 is 2.00 bits per heavy atom. The Morgan fingerprint density at radius 3 is 2.08 bits per heavy atom. The highest BCUT2D eigenvalue weighted by Gasteiger charge is 1.90. The molecule has 0 aliphatic carbocycles. The molecule has 0 bridgehead atoms. The molecule has 4 heteroatoms. The van der Waals surface area contributed by atoms with Gasteiger partial charge in [-0.3, -0.25) is 4.79 Å². The largest absolute Gasteiger partial charge is 0.481 e. The number of aliphatic carboxylic acids is 1. The van der Waals surface area contributed by atoms with E-state index >= 15 is 0 Å². The maximum atomic E-state index is 9.76. The predicted octanol–water partition coefficient (Wildman–Crippen LogP) is 0.553. The van der Waals surface area contributed by atoms with Crippen molar-refractivity contribution in [2.24, 2.45) is 11.5 Å². The van der Waals surface area contributed by atoms with Crippen LogP contribution in [0, 0.1) is 0 Å². The lowest BCUT2D eigenvalue weighted by Gasteiger charge is -1.92. The monoisotopic (exact) mass is 176 g/mol. The van der Waals surface area contributed by atoms with Crippen molar-refractivity contribution in [2.45, 2.75) is 39.2 Å². The minimum Gasteiger partial charge on any atom is -0.481 e. The Balaban J connectivity index is 0. The summed E-state index contributed by atoms with van der Waals surface area (Å²) in [6.45, 7) is 4.43. The van der Waals surface area contributed by atoms with E-state index in [-0.39, 0.29) is 6.04 Å². The van der Waals surface area contributed by atoms with Crippen molar-refractivity contribution in [3.05, 3.63) is 0 Å². The fraction of sp³-hybridized carbons (Fsp3) is 0.875. The Labute approximate surface area is 73.9 Å². The first-order valence-corrected chi connectivity index (χ1v) is 4.22. The lowest BCUT2D eigenvalue weighted by atomic mass is 10.3. The van der Waals surface area contributed by atoms with Gasteiger partial charge in [-0.1, -0.05) is 13.3 Å². The molecule has 0 aromatic carbocycles. The molecule has 0 amide bonds. The molecular weight excluding hydrogens is 156 g/mol. The molecule has 1 unspecified atom stereocenters. The van der Waals surface area contributed by atoms with Crippen LogP contribution in [-0.4, -0.2) is 23.7 Å². The molecule has 0 radical (unpaired) electrons. The van der Waals surface area contributed by atoms with Gasteiger partial charge in [-0.25, -0.2) is 0 Å².